The fourth-order valence-corrected chi connectivity index (χ4v) is 1.06. The van der Waals surface area contributed by atoms with Crippen molar-refractivity contribution < 1.29 is 9.90 Å². The number of Topliss-reactive ketones (excluding diaryl/α,β-unsaturated/α-hetero) is 1. The predicted molar refractivity (Wildman–Crippen MR) is 47.3 cm³/mol. The lowest BCUT2D eigenvalue weighted by Crippen LogP contribution is -2.05. The zero-order valence-electron chi connectivity index (χ0n) is 6.25. The van der Waals surface area contributed by atoms with Crippen molar-refractivity contribution in [3.63, 3.8) is 0 Å². The Kier molecular flexibility index (Phi) is 2.68. The van der Waals surface area contributed by atoms with Crippen molar-refractivity contribution in [2.45, 2.75) is 0 Å². The number of rotatable bonds is 2. The van der Waals surface area contributed by atoms with Gasteiger partial charge in [-0.1, -0.05) is 11.6 Å². The van der Waals surface area contributed by atoms with E-state index in [0.29, 0.717) is 10.7 Å². The van der Waals surface area contributed by atoms with Crippen molar-refractivity contribution in [2.75, 3.05) is 12.3 Å². The molecule has 0 saturated heterocycles. The number of aliphatic hydroxyl groups is 1. The summed E-state index contributed by atoms with van der Waals surface area (Å²) in [5.41, 5.74) is 6.15. The minimum absolute atomic E-state index is 0.263. The fourth-order valence-electron chi connectivity index (χ4n) is 0.842. The molecule has 0 amide bonds. The normalized spacial score (nSPS) is 9.83. The van der Waals surface area contributed by atoms with Crippen LogP contribution in [0.4, 0.5) is 5.69 Å². The average Bonchev–Trinajstić information content (AvgIpc) is 2.08. The van der Waals surface area contributed by atoms with Crippen LogP contribution in [0.25, 0.3) is 0 Å². The fraction of sp³-hybridized carbons (Fsp3) is 0.125. The van der Waals surface area contributed by atoms with E-state index in [2.05, 4.69) is 0 Å². The summed E-state index contributed by atoms with van der Waals surface area (Å²) in [4.78, 5) is 11.0. The van der Waals surface area contributed by atoms with E-state index >= 15 is 0 Å². The van der Waals surface area contributed by atoms with Crippen molar-refractivity contribution in [3.05, 3.63) is 28.8 Å². The molecule has 3 nitrogen and oxygen atoms in total. The quantitative estimate of drug-likeness (QED) is 0.536. The van der Waals surface area contributed by atoms with Crippen molar-refractivity contribution >= 4 is 23.1 Å². The molecule has 0 saturated carbocycles. The molecule has 0 heterocycles. The third-order valence-electron chi connectivity index (χ3n) is 1.43. The van der Waals surface area contributed by atoms with E-state index in [1.54, 1.807) is 6.07 Å². The van der Waals surface area contributed by atoms with Gasteiger partial charge in [0.2, 0.25) is 0 Å². The Morgan fingerprint density at radius 2 is 2.25 bits per heavy atom. The number of hydrogen-bond donors (Lipinski definition) is 2. The molecule has 1 rings (SSSR count). The van der Waals surface area contributed by atoms with Crippen molar-refractivity contribution in [1.29, 1.82) is 0 Å². The van der Waals surface area contributed by atoms with Crippen LogP contribution in [-0.2, 0) is 0 Å². The zero-order valence-corrected chi connectivity index (χ0v) is 7.01. The molecule has 0 aliphatic heterocycles. The predicted octanol–water partition coefficient (Wildman–Crippen LogP) is 1.10. The van der Waals surface area contributed by atoms with Crippen LogP contribution in [0.1, 0.15) is 10.4 Å². The van der Waals surface area contributed by atoms with Gasteiger partial charge in [-0.25, -0.2) is 0 Å². The van der Waals surface area contributed by atoms with Gasteiger partial charge in [-0.05, 0) is 18.2 Å². The van der Waals surface area contributed by atoms with Crippen LogP contribution in [0.3, 0.4) is 0 Å². The number of carbonyl (C=O) groups excluding carboxylic acids is 1. The van der Waals surface area contributed by atoms with Gasteiger partial charge in [0.05, 0.1) is 5.02 Å². The van der Waals surface area contributed by atoms with Crippen LogP contribution in [0.2, 0.25) is 5.02 Å². The van der Waals surface area contributed by atoms with Crippen LogP contribution in [0.15, 0.2) is 18.2 Å². The Labute approximate surface area is 74.8 Å². The number of halogens is 1. The van der Waals surface area contributed by atoms with Gasteiger partial charge < -0.3 is 10.8 Å². The molecular weight excluding hydrogens is 178 g/mol. The van der Waals surface area contributed by atoms with Gasteiger partial charge in [0, 0.05) is 11.3 Å². The maximum atomic E-state index is 11.0. The molecule has 1 aromatic carbocycles. The monoisotopic (exact) mass is 185 g/mol. The molecule has 0 aliphatic carbocycles. The number of hydrogen-bond acceptors (Lipinski definition) is 3. The second-order valence-corrected chi connectivity index (χ2v) is 2.73. The largest absolute Gasteiger partial charge is 0.399 e. The number of nitrogen functional groups attached to an aromatic ring is 1. The van der Waals surface area contributed by atoms with E-state index < -0.39 is 12.4 Å². The zero-order chi connectivity index (χ0) is 9.14. The maximum Gasteiger partial charge on any atom is 0.189 e. The Morgan fingerprint density at radius 1 is 1.58 bits per heavy atom. The number of carbonyl (C=O) groups is 1. The van der Waals surface area contributed by atoms with Crippen LogP contribution >= 0.6 is 11.6 Å². The standard InChI is InChI=1S/C8H8ClNO2/c9-7-2-1-5(10)3-6(7)8(12)4-11/h1-3,11H,4,10H2. The molecule has 64 valence electrons. The molecule has 4 heteroatoms. The molecule has 0 fully saturated rings. The summed E-state index contributed by atoms with van der Waals surface area (Å²) in [6.45, 7) is -0.552. The highest BCUT2D eigenvalue weighted by molar-refractivity contribution is 6.34. The van der Waals surface area contributed by atoms with Crippen molar-refractivity contribution in [2.24, 2.45) is 0 Å². The van der Waals surface area contributed by atoms with Crippen molar-refractivity contribution in [3.8, 4) is 0 Å². The molecular formula is C8H8ClNO2. The molecule has 0 aromatic heterocycles. The summed E-state index contributed by atoms with van der Waals surface area (Å²) in [6.07, 6.45) is 0. The molecule has 0 unspecified atom stereocenters. The highest BCUT2D eigenvalue weighted by atomic mass is 35.5. The Morgan fingerprint density at radius 3 is 2.83 bits per heavy atom. The van der Waals surface area contributed by atoms with Crippen LogP contribution < -0.4 is 5.73 Å². The molecule has 0 atom stereocenters. The molecule has 0 spiro atoms. The number of benzene rings is 1. The number of aliphatic hydroxyl groups excluding tert-OH is 1. The molecule has 3 N–H and O–H groups in total. The van der Waals surface area contributed by atoms with Gasteiger partial charge in [-0.3, -0.25) is 4.79 Å². The first-order valence-corrected chi connectivity index (χ1v) is 3.72. The van der Waals surface area contributed by atoms with Gasteiger partial charge in [0.1, 0.15) is 6.61 Å². The highest BCUT2D eigenvalue weighted by Gasteiger charge is 2.08. The third kappa shape index (κ3) is 1.75. The summed E-state index contributed by atoms with van der Waals surface area (Å²) in [7, 11) is 0. The van der Waals surface area contributed by atoms with E-state index in [1.165, 1.54) is 12.1 Å². The molecule has 0 radical (unpaired) electrons. The molecule has 0 aliphatic rings. The third-order valence-corrected chi connectivity index (χ3v) is 1.76. The summed E-state index contributed by atoms with van der Waals surface area (Å²) in [5.74, 6) is -0.424. The molecule has 12 heavy (non-hydrogen) atoms. The van der Waals surface area contributed by atoms with E-state index in [0.717, 1.165) is 0 Å². The molecule has 1 aromatic rings. The summed E-state index contributed by atoms with van der Waals surface area (Å²) in [6, 6.07) is 4.57. The summed E-state index contributed by atoms with van der Waals surface area (Å²) in [5, 5.41) is 8.86. The van der Waals surface area contributed by atoms with Gasteiger partial charge in [-0.2, -0.15) is 0 Å². The number of ketones is 1. The first-order chi connectivity index (χ1) is 5.65. The lowest BCUT2D eigenvalue weighted by molar-refractivity contribution is 0.0904. The molecule has 0 bridgehead atoms. The average molecular weight is 186 g/mol. The number of nitrogens with two attached hydrogens (primary N) is 1. The van der Waals surface area contributed by atoms with E-state index in [1.807, 2.05) is 0 Å². The van der Waals surface area contributed by atoms with Gasteiger partial charge in [0.25, 0.3) is 0 Å². The first kappa shape index (κ1) is 9.03. The second kappa shape index (κ2) is 3.56. The minimum atomic E-state index is -0.552. The van der Waals surface area contributed by atoms with Crippen LogP contribution in [0.5, 0.6) is 0 Å². The Balaban J connectivity index is 3.13. The smallest absolute Gasteiger partial charge is 0.189 e. The first-order valence-electron chi connectivity index (χ1n) is 3.34. The van der Waals surface area contributed by atoms with Gasteiger partial charge in [0.15, 0.2) is 5.78 Å². The Bertz CT molecular complexity index is 312. The highest BCUT2D eigenvalue weighted by Crippen LogP contribution is 2.18. The topological polar surface area (TPSA) is 63.3 Å². The van der Waals surface area contributed by atoms with Crippen LogP contribution in [-0.4, -0.2) is 17.5 Å². The SMILES string of the molecule is Nc1ccc(Cl)c(C(=O)CO)c1. The summed E-state index contributed by atoms with van der Waals surface area (Å²) < 4.78 is 0. The minimum Gasteiger partial charge on any atom is -0.399 e. The lowest BCUT2D eigenvalue weighted by atomic mass is 10.1. The van der Waals surface area contributed by atoms with Crippen LogP contribution in [0, 0.1) is 0 Å². The van der Waals surface area contributed by atoms with E-state index in [4.69, 9.17) is 22.4 Å². The van der Waals surface area contributed by atoms with Crippen molar-refractivity contribution in [1.82, 2.24) is 0 Å². The maximum absolute atomic E-state index is 11.0. The second-order valence-electron chi connectivity index (χ2n) is 2.32. The van der Waals surface area contributed by atoms with Gasteiger partial charge in [-0.15, -0.1) is 0 Å². The Hall–Kier alpha value is -1.06. The lowest BCUT2D eigenvalue weighted by Gasteiger charge is -2.01. The van der Waals surface area contributed by atoms with Gasteiger partial charge >= 0.3 is 0 Å². The van der Waals surface area contributed by atoms with E-state index in [9.17, 15) is 4.79 Å². The summed E-state index contributed by atoms with van der Waals surface area (Å²) >= 11 is 5.68. The number of anilines is 1. The van der Waals surface area contributed by atoms with E-state index in [-0.39, 0.29) is 5.56 Å².